The van der Waals surface area contributed by atoms with Gasteiger partial charge in [0.25, 0.3) is 5.91 Å². The second kappa shape index (κ2) is 5.01. The summed E-state index contributed by atoms with van der Waals surface area (Å²) in [5, 5.41) is 6.84. The standard InChI is InChI=1S/C11H19N3O2/c1-5-11(2,3)13-10(15)8-16-9-6-12-14(4)7-9/h6-7H,5,8H2,1-4H3,(H,13,15). The predicted octanol–water partition coefficient (Wildman–Crippen LogP) is 1.10. The van der Waals surface area contributed by atoms with Crippen LogP contribution in [0.2, 0.25) is 0 Å². The minimum atomic E-state index is -0.185. The van der Waals surface area contributed by atoms with E-state index in [1.165, 1.54) is 0 Å². The molecule has 90 valence electrons. The van der Waals surface area contributed by atoms with Gasteiger partial charge in [-0.05, 0) is 20.3 Å². The molecule has 1 aromatic heterocycles. The number of aromatic nitrogens is 2. The Kier molecular flexibility index (Phi) is 3.93. The fraction of sp³-hybridized carbons (Fsp3) is 0.636. The van der Waals surface area contributed by atoms with Gasteiger partial charge in [0, 0.05) is 12.6 Å². The maximum atomic E-state index is 11.5. The minimum absolute atomic E-state index is 0.0229. The molecule has 0 saturated carbocycles. The third-order valence-electron chi connectivity index (χ3n) is 2.41. The van der Waals surface area contributed by atoms with E-state index in [1.807, 2.05) is 20.8 Å². The summed E-state index contributed by atoms with van der Waals surface area (Å²) in [6.45, 7) is 6.02. The monoisotopic (exact) mass is 225 g/mol. The van der Waals surface area contributed by atoms with Crippen molar-refractivity contribution in [2.75, 3.05) is 6.61 Å². The molecular weight excluding hydrogens is 206 g/mol. The molecule has 1 rings (SSSR count). The van der Waals surface area contributed by atoms with E-state index >= 15 is 0 Å². The van der Waals surface area contributed by atoms with E-state index < -0.39 is 0 Å². The van der Waals surface area contributed by atoms with Crippen molar-refractivity contribution in [1.82, 2.24) is 15.1 Å². The Labute approximate surface area is 95.8 Å². The normalized spacial score (nSPS) is 11.2. The molecule has 1 amide bonds. The van der Waals surface area contributed by atoms with E-state index in [2.05, 4.69) is 10.4 Å². The minimum Gasteiger partial charge on any atom is -0.480 e. The van der Waals surface area contributed by atoms with Crippen molar-refractivity contribution >= 4 is 5.91 Å². The zero-order valence-electron chi connectivity index (χ0n) is 10.3. The lowest BCUT2D eigenvalue weighted by Crippen LogP contribution is -2.44. The Morgan fingerprint density at radius 1 is 1.62 bits per heavy atom. The van der Waals surface area contributed by atoms with E-state index in [-0.39, 0.29) is 18.1 Å². The van der Waals surface area contributed by atoms with Gasteiger partial charge in [-0.2, -0.15) is 5.10 Å². The molecule has 0 aliphatic carbocycles. The van der Waals surface area contributed by atoms with Crippen molar-refractivity contribution in [2.24, 2.45) is 7.05 Å². The van der Waals surface area contributed by atoms with Gasteiger partial charge in [-0.25, -0.2) is 0 Å². The quantitative estimate of drug-likeness (QED) is 0.816. The largest absolute Gasteiger partial charge is 0.480 e. The molecule has 0 radical (unpaired) electrons. The van der Waals surface area contributed by atoms with E-state index in [4.69, 9.17) is 4.74 Å². The summed E-state index contributed by atoms with van der Waals surface area (Å²) in [6.07, 6.45) is 4.18. The fourth-order valence-corrected chi connectivity index (χ4v) is 1.12. The van der Waals surface area contributed by atoms with Crippen molar-refractivity contribution in [2.45, 2.75) is 32.7 Å². The number of carbonyl (C=O) groups is 1. The number of carbonyl (C=O) groups excluding carboxylic acids is 1. The molecule has 1 aromatic rings. The second-order valence-electron chi connectivity index (χ2n) is 4.42. The first kappa shape index (κ1) is 12.5. The molecule has 0 unspecified atom stereocenters. The van der Waals surface area contributed by atoms with E-state index in [9.17, 15) is 4.79 Å². The average molecular weight is 225 g/mol. The molecule has 16 heavy (non-hydrogen) atoms. The smallest absolute Gasteiger partial charge is 0.258 e. The van der Waals surface area contributed by atoms with Gasteiger partial charge in [-0.1, -0.05) is 6.92 Å². The van der Waals surface area contributed by atoms with Crippen LogP contribution in [0.15, 0.2) is 12.4 Å². The molecular formula is C11H19N3O2. The van der Waals surface area contributed by atoms with Crippen LogP contribution in [0.3, 0.4) is 0 Å². The van der Waals surface area contributed by atoms with Crippen LogP contribution < -0.4 is 10.1 Å². The predicted molar refractivity (Wildman–Crippen MR) is 61.2 cm³/mol. The molecule has 0 aromatic carbocycles. The maximum Gasteiger partial charge on any atom is 0.258 e. The Bertz CT molecular complexity index is 358. The fourth-order valence-electron chi connectivity index (χ4n) is 1.12. The molecule has 5 nitrogen and oxygen atoms in total. The summed E-state index contributed by atoms with van der Waals surface area (Å²) in [6, 6.07) is 0. The van der Waals surface area contributed by atoms with Crippen molar-refractivity contribution in [3.05, 3.63) is 12.4 Å². The van der Waals surface area contributed by atoms with E-state index in [1.54, 1.807) is 24.1 Å². The molecule has 0 aliphatic rings. The Morgan fingerprint density at radius 2 is 2.31 bits per heavy atom. The van der Waals surface area contributed by atoms with Crippen molar-refractivity contribution < 1.29 is 9.53 Å². The molecule has 1 heterocycles. The third-order valence-corrected chi connectivity index (χ3v) is 2.41. The van der Waals surface area contributed by atoms with Gasteiger partial charge < -0.3 is 10.1 Å². The number of aryl methyl sites for hydroxylation is 1. The van der Waals surface area contributed by atoms with Crippen LogP contribution in [0.5, 0.6) is 5.75 Å². The highest BCUT2D eigenvalue weighted by Gasteiger charge is 2.17. The maximum absolute atomic E-state index is 11.5. The van der Waals surface area contributed by atoms with Crippen LogP contribution >= 0.6 is 0 Å². The van der Waals surface area contributed by atoms with Gasteiger partial charge in [0.05, 0.1) is 12.4 Å². The summed E-state index contributed by atoms with van der Waals surface area (Å²) >= 11 is 0. The zero-order valence-corrected chi connectivity index (χ0v) is 10.3. The van der Waals surface area contributed by atoms with Gasteiger partial charge in [-0.3, -0.25) is 9.48 Å². The first-order chi connectivity index (χ1) is 7.43. The van der Waals surface area contributed by atoms with Crippen molar-refractivity contribution in [3.8, 4) is 5.75 Å². The Hall–Kier alpha value is -1.52. The molecule has 5 heteroatoms. The molecule has 0 saturated heterocycles. The number of hydrogen-bond acceptors (Lipinski definition) is 3. The summed E-state index contributed by atoms with van der Waals surface area (Å²) in [5.74, 6) is 0.489. The molecule has 0 atom stereocenters. The van der Waals surface area contributed by atoms with Crippen LogP contribution in [-0.4, -0.2) is 27.8 Å². The summed E-state index contributed by atoms with van der Waals surface area (Å²) in [7, 11) is 1.80. The third kappa shape index (κ3) is 3.92. The number of amides is 1. The molecule has 1 N–H and O–H groups in total. The zero-order chi connectivity index (χ0) is 12.2. The van der Waals surface area contributed by atoms with Gasteiger partial charge >= 0.3 is 0 Å². The average Bonchev–Trinajstić information content (AvgIpc) is 2.61. The molecule has 0 spiro atoms. The molecule has 0 fully saturated rings. The molecule has 0 aliphatic heterocycles. The van der Waals surface area contributed by atoms with Crippen LogP contribution in [0, 0.1) is 0 Å². The van der Waals surface area contributed by atoms with E-state index in [0.717, 1.165) is 6.42 Å². The van der Waals surface area contributed by atoms with Crippen LogP contribution in [0.4, 0.5) is 0 Å². The lowest BCUT2D eigenvalue weighted by molar-refractivity contribution is -0.124. The van der Waals surface area contributed by atoms with Crippen molar-refractivity contribution in [3.63, 3.8) is 0 Å². The Balaban J connectivity index is 2.36. The summed E-state index contributed by atoms with van der Waals surface area (Å²) in [5.41, 5.74) is -0.185. The van der Waals surface area contributed by atoms with Gasteiger partial charge in [-0.15, -0.1) is 0 Å². The van der Waals surface area contributed by atoms with Crippen LogP contribution in [-0.2, 0) is 11.8 Å². The first-order valence-electron chi connectivity index (χ1n) is 5.35. The van der Waals surface area contributed by atoms with Gasteiger partial charge in [0.2, 0.25) is 0 Å². The Morgan fingerprint density at radius 3 is 2.81 bits per heavy atom. The lowest BCUT2D eigenvalue weighted by atomic mass is 10.0. The van der Waals surface area contributed by atoms with Gasteiger partial charge in [0.15, 0.2) is 12.4 Å². The first-order valence-corrected chi connectivity index (χ1v) is 5.35. The van der Waals surface area contributed by atoms with Crippen LogP contribution in [0.1, 0.15) is 27.2 Å². The van der Waals surface area contributed by atoms with Crippen LogP contribution in [0.25, 0.3) is 0 Å². The highest BCUT2D eigenvalue weighted by atomic mass is 16.5. The second-order valence-corrected chi connectivity index (χ2v) is 4.42. The number of ether oxygens (including phenoxy) is 1. The number of nitrogens with zero attached hydrogens (tertiary/aromatic N) is 2. The number of hydrogen-bond donors (Lipinski definition) is 1. The SMILES string of the molecule is CCC(C)(C)NC(=O)COc1cnn(C)c1. The topological polar surface area (TPSA) is 56.1 Å². The highest BCUT2D eigenvalue weighted by Crippen LogP contribution is 2.08. The van der Waals surface area contributed by atoms with E-state index in [0.29, 0.717) is 5.75 Å². The molecule has 0 bridgehead atoms. The number of nitrogens with one attached hydrogen (secondary N) is 1. The highest BCUT2D eigenvalue weighted by molar-refractivity contribution is 5.78. The summed E-state index contributed by atoms with van der Waals surface area (Å²) < 4.78 is 6.91. The lowest BCUT2D eigenvalue weighted by Gasteiger charge is -2.24. The van der Waals surface area contributed by atoms with Gasteiger partial charge in [0.1, 0.15) is 0 Å². The van der Waals surface area contributed by atoms with Crippen molar-refractivity contribution in [1.29, 1.82) is 0 Å². The summed E-state index contributed by atoms with van der Waals surface area (Å²) in [4.78, 5) is 11.5. The number of rotatable bonds is 5.